The summed E-state index contributed by atoms with van der Waals surface area (Å²) in [4.78, 5) is 0. The van der Waals surface area contributed by atoms with Gasteiger partial charge in [-0.2, -0.15) is 0 Å². The largest absolute Gasteiger partial charge is 0.486 e. The quantitative estimate of drug-likeness (QED) is 0.931. The highest BCUT2D eigenvalue weighted by molar-refractivity contribution is 5.77. The molecule has 5 heteroatoms. The maximum absolute atomic E-state index is 5.92. The summed E-state index contributed by atoms with van der Waals surface area (Å²) in [5, 5.41) is 4.07. The Kier molecular flexibility index (Phi) is 3.26. The molecule has 0 spiro atoms. The van der Waals surface area contributed by atoms with Crippen LogP contribution in [0, 0.1) is 5.92 Å². The van der Waals surface area contributed by atoms with Gasteiger partial charge in [0.1, 0.15) is 13.2 Å². The smallest absolute Gasteiger partial charge is 0.230 e. The minimum Gasteiger partial charge on any atom is -0.486 e. The van der Waals surface area contributed by atoms with Gasteiger partial charge in [0.15, 0.2) is 11.5 Å². The number of ether oxygens (including phenoxy) is 2. The molecule has 2 heterocycles. The van der Waals surface area contributed by atoms with Crippen LogP contribution in [0.2, 0.25) is 0 Å². The van der Waals surface area contributed by atoms with Crippen molar-refractivity contribution in [3.63, 3.8) is 0 Å². The molecule has 0 saturated heterocycles. The van der Waals surface area contributed by atoms with E-state index in [2.05, 4.69) is 19.0 Å². The number of fused-ring (bicyclic) bond motifs is 1. The van der Waals surface area contributed by atoms with Crippen molar-refractivity contribution in [1.29, 1.82) is 0 Å². The molecule has 5 nitrogen and oxygen atoms in total. The fourth-order valence-corrected chi connectivity index (χ4v) is 2.37. The molecule has 106 valence electrons. The first kappa shape index (κ1) is 12.8. The molecule has 20 heavy (non-hydrogen) atoms. The number of nitrogens with zero attached hydrogens (tertiary/aromatic N) is 1. The molecule has 0 saturated carbocycles. The first-order valence-electron chi connectivity index (χ1n) is 6.79. The predicted octanol–water partition coefficient (Wildman–Crippen LogP) is 2.89. The number of benzene rings is 1. The number of nitrogens with two attached hydrogens (primary N) is 1. The molecule has 0 radical (unpaired) electrons. The molecule has 2 N–H and O–H groups in total. The average Bonchev–Trinajstić information content (AvgIpc) is 2.78. The topological polar surface area (TPSA) is 70.5 Å². The van der Waals surface area contributed by atoms with E-state index in [9.17, 15) is 0 Å². The standard InChI is InChI=1S/C15H18N2O3/c1-9(2)7-11-14(15(16)20-17-11)10-3-4-12-13(8-10)19-6-5-18-12/h3-4,8-9H,5-7,16H2,1-2H3. The lowest BCUT2D eigenvalue weighted by molar-refractivity contribution is 0.171. The van der Waals surface area contributed by atoms with Crippen molar-refractivity contribution >= 4 is 5.88 Å². The second-order valence-corrected chi connectivity index (χ2v) is 5.32. The van der Waals surface area contributed by atoms with Crippen molar-refractivity contribution < 1.29 is 14.0 Å². The summed E-state index contributed by atoms with van der Waals surface area (Å²) < 4.78 is 16.3. The molecule has 0 unspecified atom stereocenters. The Hall–Kier alpha value is -2.17. The fourth-order valence-electron chi connectivity index (χ4n) is 2.37. The van der Waals surface area contributed by atoms with Gasteiger partial charge in [-0.25, -0.2) is 0 Å². The van der Waals surface area contributed by atoms with Crippen molar-refractivity contribution in [2.24, 2.45) is 5.92 Å². The molecular formula is C15H18N2O3. The molecule has 0 fully saturated rings. The average molecular weight is 274 g/mol. The molecule has 3 rings (SSSR count). The monoisotopic (exact) mass is 274 g/mol. The highest BCUT2D eigenvalue weighted by Gasteiger charge is 2.19. The Morgan fingerprint density at radius 3 is 2.70 bits per heavy atom. The van der Waals surface area contributed by atoms with Crippen LogP contribution in [0.1, 0.15) is 19.5 Å². The Balaban J connectivity index is 2.02. The maximum Gasteiger partial charge on any atom is 0.230 e. The molecule has 2 aromatic rings. The zero-order valence-electron chi connectivity index (χ0n) is 11.7. The normalized spacial score (nSPS) is 13.8. The Morgan fingerprint density at radius 2 is 1.95 bits per heavy atom. The van der Waals surface area contributed by atoms with Gasteiger partial charge >= 0.3 is 0 Å². The SMILES string of the molecule is CC(C)Cc1noc(N)c1-c1ccc2c(c1)OCCO2. The number of aromatic nitrogens is 1. The summed E-state index contributed by atoms with van der Waals surface area (Å²) >= 11 is 0. The molecule has 1 aliphatic rings. The van der Waals surface area contributed by atoms with Gasteiger partial charge in [-0.15, -0.1) is 0 Å². The van der Waals surface area contributed by atoms with E-state index in [0.29, 0.717) is 25.0 Å². The Morgan fingerprint density at radius 1 is 1.20 bits per heavy atom. The van der Waals surface area contributed by atoms with E-state index < -0.39 is 0 Å². The fraction of sp³-hybridized carbons (Fsp3) is 0.400. The van der Waals surface area contributed by atoms with Crippen LogP contribution in [0.25, 0.3) is 11.1 Å². The predicted molar refractivity (Wildman–Crippen MR) is 75.9 cm³/mol. The molecule has 1 aromatic carbocycles. The van der Waals surface area contributed by atoms with Gasteiger partial charge < -0.3 is 19.7 Å². The van der Waals surface area contributed by atoms with Gasteiger partial charge in [0.25, 0.3) is 0 Å². The molecule has 0 amide bonds. The van der Waals surface area contributed by atoms with Crippen molar-refractivity contribution in [1.82, 2.24) is 5.16 Å². The summed E-state index contributed by atoms with van der Waals surface area (Å²) in [5.41, 5.74) is 8.61. The Bertz CT molecular complexity index is 620. The summed E-state index contributed by atoms with van der Waals surface area (Å²) in [6, 6.07) is 5.79. The number of rotatable bonds is 3. The lowest BCUT2D eigenvalue weighted by Crippen LogP contribution is -2.15. The minimum atomic E-state index is 0.345. The van der Waals surface area contributed by atoms with E-state index >= 15 is 0 Å². The van der Waals surface area contributed by atoms with Gasteiger partial charge in [0.2, 0.25) is 5.88 Å². The highest BCUT2D eigenvalue weighted by atomic mass is 16.6. The Labute approximate surface area is 117 Å². The summed E-state index contributed by atoms with van der Waals surface area (Å²) in [6.45, 7) is 5.42. The minimum absolute atomic E-state index is 0.345. The first-order valence-corrected chi connectivity index (χ1v) is 6.79. The van der Waals surface area contributed by atoms with Crippen LogP contribution in [0.15, 0.2) is 22.7 Å². The zero-order chi connectivity index (χ0) is 14.1. The van der Waals surface area contributed by atoms with E-state index in [4.69, 9.17) is 19.7 Å². The van der Waals surface area contributed by atoms with E-state index in [1.807, 2.05) is 18.2 Å². The van der Waals surface area contributed by atoms with E-state index in [-0.39, 0.29) is 0 Å². The van der Waals surface area contributed by atoms with Gasteiger partial charge in [-0.1, -0.05) is 25.1 Å². The summed E-state index contributed by atoms with van der Waals surface area (Å²) in [6.07, 6.45) is 0.824. The lowest BCUT2D eigenvalue weighted by Gasteiger charge is -2.18. The molecule has 0 atom stereocenters. The third-order valence-corrected chi connectivity index (χ3v) is 3.22. The molecule has 1 aliphatic heterocycles. The zero-order valence-corrected chi connectivity index (χ0v) is 11.7. The van der Waals surface area contributed by atoms with Crippen LogP contribution in [0.3, 0.4) is 0 Å². The third kappa shape index (κ3) is 2.31. The van der Waals surface area contributed by atoms with E-state index in [0.717, 1.165) is 34.7 Å². The van der Waals surface area contributed by atoms with Gasteiger partial charge in [0, 0.05) is 0 Å². The molecular weight excluding hydrogens is 256 g/mol. The maximum atomic E-state index is 5.92. The molecule has 1 aromatic heterocycles. The second kappa shape index (κ2) is 5.07. The van der Waals surface area contributed by atoms with Crippen LogP contribution >= 0.6 is 0 Å². The number of hydrogen-bond donors (Lipinski definition) is 1. The lowest BCUT2D eigenvalue weighted by atomic mass is 9.99. The van der Waals surface area contributed by atoms with Crippen molar-refractivity contribution in [2.45, 2.75) is 20.3 Å². The van der Waals surface area contributed by atoms with Crippen LogP contribution in [-0.2, 0) is 6.42 Å². The highest BCUT2D eigenvalue weighted by Crippen LogP contribution is 2.38. The first-order chi connectivity index (χ1) is 9.65. The molecule has 0 aliphatic carbocycles. The van der Waals surface area contributed by atoms with Crippen LogP contribution < -0.4 is 15.2 Å². The molecule has 0 bridgehead atoms. The van der Waals surface area contributed by atoms with Crippen molar-refractivity contribution in [2.75, 3.05) is 18.9 Å². The van der Waals surface area contributed by atoms with Gasteiger partial charge in [0.05, 0.1) is 11.3 Å². The van der Waals surface area contributed by atoms with Crippen LogP contribution in [0.5, 0.6) is 11.5 Å². The number of hydrogen-bond acceptors (Lipinski definition) is 5. The number of anilines is 1. The number of nitrogen functional groups attached to an aromatic ring is 1. The summed E-state index contributed by atoms with van der Waals surface area (Å²) in [5.74, 6) is 2.33. The van der Waals surface area contributed by atoms with Crippen molar-refractivity contribution in [3.05, 3.63) is 23.9 Å². The van der Waals surface area contributed by atoms with E-state index in [1.165, 1.54) is 0 Å². The van der Waals surface area contributed by atoms with Crippen LogP contribution in [0.4, 0.5) is 5.88 Å². The van der Waals surface area contributed by atoms with E-state index in [1.54, 1.807) is 0 Å². The van der Waals surface area contributed by atoms with Crippen LogP contribution in [-0.4, -0.2) is 18.4 Å². The van der Waals surface area contributed by atoms with Crippen molar-refractivity contribution in [3.8, 4) is 22.6 Å². The van der Waals surface area contributed by atoms with Gasteiger partial charge in [-0.05, 0) is 30.0 Å². The second-order valence-electron chi connectivity index (χ2n) is 5.32. The summed E-state index contributed by atoms with van der Waals surface area (Å²) in [7, 11) is 0. The van der Waals surface area contributed by atoms with Gasteiger partial charge in [-0.3, -0.25) is 0 Å². The third-order valence-electron chi connectivity index (χ3n) is 3.22.